The van der Waals surface area contributed by atoms with Gasteiger partial charge in [-0.15, -0.1) is 0 Å². The van der Waals surface area contributed by atoms with Crippen LogP contribution in [0.1, 0.15) is 0 Å². The number of hydrogen-bond donors (Lipinski definition) is 3. The molecule has 0 spiro atoms. The van der Waals surface area contributed by atoms with Gasteiger partial charge in [0.05, 0.1) is 13.2 Å². The van der Waals surface area contributed by atoms with Crippen molar-refractivity contribution in [2.24, 2.45) is 16.5 Å². The van der Waals surface area contributed by atoms with Crippen molar-refractivity contribution in [1.29, 1.82) is 0 Å². The number of aliphatic imine (C=N–C) groups is 1. The first kappa shape index (κ1) is 9.94. The number of ether oxygens (including phenoxy) is 1. The second-order valence-corrected chi connectivity index (χ2v) is 2.77. The zero-order valence-electron chi connectivity index (χ0n) is 7.32. The maximum Gasteiger partial charge on any atom is 0.236 e. The Morgan fingerprint density at radius 2 is 2.54 bits per heavy atom. The van der Waals surface area contributed by atoms with Crippen LogP contribution in [0.4, 0.5) is 0 Å². The molecule has 1 unspecified atom stereocenters. The number of nitrogens with one attached hydrogen (secondary N) is 1. The van der Waals surface area contributed by atoms with E-state index in [4.69, 9.17) is 16.2 Å². The van der Waals surface area contributed by atoms with Crippen molar-refractivity contribution in [1.82, 2.24) is 5.32 Å². The highest BCUT2D eigenvalue weighted by molar-refractivity contribution is 5.85. The molecule has 1 aliphatic rings. The molecule has 0 radical (unpaired) electrons. The Labute approximate surface area is 76.3 Å². The van der Waals surface area contributed by atoms with Gasteiger partial charge in [0.25, 0.3) is 0 Å². The van der Waals surface area contributed by atoms with Crippen LogP contribution in [0.25, 0.3) is 0 Å². The minimum Gasteiger partial charge on any atom is -0.372 e. The third kappa shape index (κ3) is 3.39. The Kier molecular flexibility index (Phi) is 3.66. The highest BCUT2D eigenvalue weighted by Gasteiger charge is 2.10. The lowest BCUT2D eigenvalue weighted by Crippen LogP contribution is -2.47. The van der Waals surface area contributed by atoms with Crippen molar-refractivity contribution in [2.75, 3.05) is 26.3 Å². The van der Waals surface area contributed by atoms with E-state index in [1.54, 1.807) is 0 Å². The Balaban J connectivity index is 2.25. The number of nitrogens with two attached hydrogens (primary N) is 2. The summed E-state index contributed by atoms with van der Waals surface area (Å²) in [6.07, 6.45) is 0. The fraction of sp³-hybridized carbons (Fsp3) is 0.714. The van der Waals surface area contributed by atoms with Crippen molar-refractivity contribution in [3.63, 3.8) is 0 Å². The molecule has 0 saturated carbocycles. The van der Waals surface area contributed by atoms with E-state index in [0.717, 1.165) is 5.84 Å². The molecule has 6 nitrogen and oxygen atoms in total. The molecular weight excluding hydrogens is 172 g/mol. The molecule has 0 aromatic heterocycles. The van der Waals surface area contributed by atoms with Gasteiger partial charge in [0.1, 0.15) is 18.5 Å². The van der Waals surface area contributed by atoms with Crippen LogP contribution in [0, 0.1) is 0 Å². The maximum absolute atomic E-state index is 10.6. The second kappa shape index (κ2) is 4.78. The molecule has 5 N–H and O–H groups in total. The monoisotopic (exact) mass is 186 g/mol. The zero-order chi connectivity index (χ0) is 9.68. The summed E-state index contributed by atoms with van der Waals surface area (Å²) in [6.45, 7) is 2.05. The van der Waals surface area contributed by atoms with Gasteiger partial charge < -0.3 is 21.5 Å². The van der Waals surface area contributed by atoms with Gasteiger partial charge in [-0.05, 0) is 0 Å². The average Bonchev–Trinajstić information content (AvgIpc) is 2.15. The summed E-state index contributed by atoms with van der Waals surface area (Å²) in [6, 6.07) is -0.676. The van der Waals surface area contributed by atoms with Crippen LogP contribution in [0.5, 0.6) is 0 Å². The van der Waals surface area contributed by atoms with Crippen LogP contribution in [0.2, 0.25) is 0 Å². The molecule has 1 atom stereocenters. The number of primary amides is 1. The van der Waals surface area contributed by atoms with E-state index in [1.807, 2.05) is 0 Å². The van der Waals surface area contributed by atoms with Gasteiger partial charge in [-0.1, -0.05) is 0 Å². The summed E-state index contributed by atoms with van der Waals surface area (Å²) < 4.78 is 5.12. The van der Waals surface area contributed by atoms with Crippen LogP contribution in [0.3, 0.4) is 0 Å². The van der Waals surface area contributed by atoms with Crippen molar-refractivity contribution in [3.05, 3.63) is 0 Å². The molecule has 1 aliphatic heterocycles. The van der Waals surface area contributed by atoms with Gasteiger partial charge in [-0.3, -0.25) is 9.79 Å². The van der Waals surface area contributed by atoms with Gasteiger partial charge in [0.2, 0.25) is 5.91 Å². The maximum atomic E-state index is 10.6. The predicted molar refractivity (Wildman–Crippen MR) is 48.3 cm³/mol. The normalized spacial score (nSPS) is 19.0. The molecule has 0 fully saturated rings. The van der Waals surface area contributed by atoms with E-state index < -0.39 is 11.9 Å². The third-order valence-electron chi connectivity index (χ3n) is 1.67. The first-order valence-corrected chi connectivity index (χ1v) is 4.10. The van der Waals surface area contributed by atoms with Crippen LogP contribution >= 0.6 is 0 Å². The molecule has 0 aromatic carbocycles. The minimum atomic E-state index is -0.676. The van der Waals surface area contributed by atoms with Gasteiger partial charge in [-0.25, -0.2) is 0 Å². The number of amidine groups is 1. The second-order valence-electron chi connectivity index (χ2n) is 2.77. The number of carbonyl (C=O) groups is 1. The Morgan fingerprint density at radius 3 is 3.08 bits per heavy atom. The Morgan fingerprint density at radius 1 is 1.77 bits per heavy atom. The van der Waals surface area contributed by atoms with Crippen LogP contribution in [-0.2, 0) is 9.53 Å². The molecule has 1 heterocycles. The lowest BCUT2D eigenvalue weighted by atomic mass is 10.3. The van der Waals surface area contributed by atoms with Crippen LogP contribution < -0.4 is 16.8 Å². The zero-order valence-corrected chi connectivity index (χ0v) is 7.32. The van der Waals surface area contributed by atoms with Crippen molar-refractivity contribution in [3.8, 4) is 0 Å². The molecule has 0 aliphatic carbocycles. The van der Waals surface area contributed by atoms with Crippen LogP contribution in [-0.4, -0.2) is 44.1 Å². The summed E-state index contributed by atoms with van der Waals surface area (Å²) in [4.78, 5) is 14.7. The summed E-state index contributed by atoms with van der Waals surface area (Å²) in [5.41, 5.74) is 10.4. The molecule has 1 rings (SSSR count). The van der Waals surface area contributed by atoms with E-state index >= 15 is 0 Å². The highest BCUT2D eigenvalue weighted by Crippen LogP contribution is 1.88. The summed E-state index contributed by atoms with van der Waals surface area (Å²) >= 11 is 0. The first-order valence-electron chi connectivity index (χ1n) is 4.10. The van der Waals surface area contributed by atoms with Crippen molar-refractivity contribution in [2.45, 2.75) is 6.04 Å². The van der Waals surface area contributed by atoms with E-state index in [1.165, 1.54) is 0 Å². The number of hydrogen-bond acceptors (Lipinski definition) is 5. The predicted octanol–water partition coefficient (Wildman–Crippen LogP) is -2.18. The van der Waals surface area contributed by atoms with Gasteiger partial charge in [-0.2, -0.15) is 0 Å². The molecule has 1 amide bonds. The van der Waals surface area contributed by atoms with E-state index in [2.05, 4.69) is 10.3 Å². The number of amides is 1. The summed E-state index contributed by atoms with van der Waals surface area (Å²) in [7, 11) is 0. The molecular formula is C7H14N4O2. The SMILES string of the molecule is NC(=O)C(N)CNC1=NCCOC1. The minimum absolute atomic E-state index is 0.303. The van der Waals surface area contributed by atoms with E-state index in [0.29, 0.717) is 26.3 Å². The molecule has 74 valence electrons. The Bertz CT molecular complexity index is 217. The summed E-state index contributed by atoms with van der Waals surface area (Å²) in [5, 5.41) is 2.90. The van der Waals surface area contributed by atoms with Gasteiger partial charge in [0.15, 0.2) is 0 Å². The summed E-state index contributed by atoms with van der Waals surface area (Å²) in [5.74, 6) is 0.202. The number of carbonyl (C=O) groups excluding carboxylic acids is 1. The average molecular weight is 186 g/mol. The Hall–Kier alpha value is -1.14. The quantitative estimate of drug-likeness (QED) is 0.466. The first-order chi connectivity index (χ1) is 6.20. The molecule has 0 saturated heterocycles. The fourth-order valence-corrected chi connectivity index (χ4v) is 0.895. The molecule has 0 bridgehead atoms. The van der Waals surface area contributed by atoms with Crippen LogP contribution in [0.15, 0.2) is 4.99 Å². The third-order valence-corrected chi connectivity index (χ3v) is 1.67. The number of rotatable bonds is 3. The van der Waals surface area contributed by atoms with E-state index in [9.17, 15) is 4.79 Å². The number of nitrogens with zero attached hydrogens (tertiary/aromatic N) is 1. The van der Waals surface area contributed by atoms with Crippen molar-refractivity contribution >= 4 is 11.7 Å². The van der Waals surface area contributed by atoms with Gasteiger partial charge >= 0.3 is 0 Å². The largest absolute Gasteiger partial charge is 0.372 e. The standard InChI is InChI=1S/C7H14N4O2/c8-5(7(9)12)3-11-6-4-13-2-1-10-6/h5H,1-4,8H2,(H2,9,12)(H,10,11). The van der Waals surface area contributed by atoms with E-state index in [-0.39, 0.29) is 0 Å². The molecule has 6 heteroatoms. The lowest BCUT2D eigenvalue weighted by Gasteiger charge is -2.16. The smallest absolute Gasteiger partial charge is 0.236 e. The molecule has 13 heavy (non-hydrogen) atoms. The lowest BCUT2D eigenvalue weighted by molar-refractivity contribution is -0.119. The van der Waals surface area contributed by atoms with Gasteiger partial charge in [0, 0.05) is 6.54 Å². The molecule has 0 aromatic rings. The fourth-order valence-electron chi connectivity index (χ4n) is 0.895. The highest BCUT2D eigenvalue weighted by atomic mass is 16.5. The van der Waals surface area contributed by atoms with Crippen molar-refractivity contribution < 1.29 is 9.53 Å². The topological polar surface area (TPSA) is 103 Å².